The summed E-state index contributed by atoms with van der Waals surface area (Å²) in [5.74, 6) is 0. The number of fused-ring (bicyclic) bond motifs is 5. The predicted octanol–water partition coefficient (Wildman–Crippen LogP) is 15.7. The highest BCUT2D eigenvalue weighted by molar-refractivity contribution is 7.00. The Morgan fingerprint density at radius 2 is 0.939 bits per heavy atom. The van der Waals surface area contributed by atoms with E-state index in [-0.39, 0.29) is 33.8 Å². The quantitative estimate of drug-likeness (QED) is 0.163. The van der Waals surface area contributed by atoms with Crippen LogP contribution in [0.1, 0.15) is 136 Å². The third-order valence-corrected chi connectivity index (χ3v) is 15.4. The topological polar surface area (TPSA) is 6.48 Å². The Balaban J connectivity index is 1.33. The maximum atomic E-state index is 2.69. The molecule has 10 rings (SSSR count). The molecule has 2 aliphatic heterocycles. The molecule has 0 fully saturated rings. The summed E-state index contributed by atoms with van der Waals surface area (Å²) in [6.45, 7) is 33.3. The average molecular weight is 865 g/mol. The van der Waals surface area contributed by atoms with Gasteiger partial charge in [-0.25, -0.2) is 0 Å². The van der Waals surface area contributed by atoms with Crippen molar-refractivity contribution in [1.29, 1.82) is 0 Å². The molecule has 3 heteroatoms. The molecule has 7 aromatic carbocycles. The van der Waals surface area contributed by atoms with Gasteiger partial charge < -0.3 is 9.80 Å². The summed E-state index contributed by atoms with van der Waals surface area (Å²) in [4.78, 5) is 5.27. The lowest BCUT2D eigenvalue weighted by Crippen LogP contribution is -2.62. The maximum absolute atomic E-state index is 2.69. The van der Waals surface area contributed by atoms with Crippen LogP contribution in [0.2, 0.25) is 0 Å². The number of nitrogens with zero attached hydrogens (tertiary/aromatic N) is 2. The molecule has 334 valence electrons. The Labute approximate surface area is 397 Å². The zero-order chi connectivity index (χ0) is 46.9. The standard InChI is InChI=1S/C63H69BN2/c1-40-33-56-58-57(34-40)66(53-29-25-45(60(5,6)7)36-48(53)43-22-18-21-42(35-43)41-19-16-15-17-20-41)55-39-50-49(62(11,12)31-32-63(50,13)14)38-52(55)64(58)51-37-46(61(8,9)10)26-30-54(51)65(56)47-27-23-44(24-28-47)59(2,3)4/h15-30,33-39H,31-32H2,1-14H3. The predicted molar refractivity (Wildman–Crippen MR) is 287 cm³/mol. The zero-order valence-electron chi connectivity index (χ0n) is 42.2. The van der Waals surface area contributed by atoms with Crippen LogP contribution in [-0.2, 0) is 27.1 Å². The Bertz CT molecular complexity index is 3040. The van der Waals surface area contributed by atoms with E-state index in [1.807, 2.05) is 0 Å². The second-order valence-electron chi connectivity index (χ2n) is 24.3. The molecule has 0 spiro atoms. The van der Waals surface area contributed by atoms with E-state index in [4.69, 9.17) is 0 Å². The Morgan fingerprint density at radius 3 is 1.56 bits per heavy atom. The summed E-state index contributed by atoms with van der Waals surface area (Å²) in [7, 11) is 0. The summed E-state index contributed by atoms with van der Waals surface area (Å²) < 4.78 is 0. The summed E-state index contributed by atoms with van der Waals surface area (Å²) in [6.07, 6.45) is 2.33. The van der Waals surface area contributed by atoms with Gasteiger partial charge in [0.15, 0.2) is 0 Å². The minimum atomic E-state index is -0.0378. The molecule has 0 amide bonds. The zero-order valence-corrected chi connectivity index (χ0v) is 42.2. The molecule has 0 atom stereocenters. The second-order valence-corrected chi connectivity index (χ2v) is 24.3. The first-order chi connectivity index (χ1) is 31.0. The van der Waals surface area contributed by atoms with Gasteiger partial charge in [0.05, 0.1) is 5.69 Å². The fourth-order valence-corrected chi connectivity index (χ4v) is 11.2. The van der Waals surface area contributed by atoms with Gasteiger partial charge >= 0.3 is 0 Å². The summed E-state index contributed by atoms with van der Waals surface area (Å²) >= 11 is 0. The molecule has 7 aromatic rings. The van der Waals surface area contributed by atoms with Crippen LogP contribution < -0.4 is 26.2 Å². The van der Waals surface area contributed by atoms with Crippen LogP contribution in [0, 0.1) is 6.92 Å². The lowest BCUT2D eigenvalue weighted by molar-refractivity contribution is 0.332. The third kappa shape index (κ3) is 7.33. The SMILES string of the molecule is Cc1cc2c3c(c1)N(c1ccc(C(C)(C)C)cc1-c1cccc(-c4ccccc4)c1)c1cc4c(cc1B3c1cc(C(C)(C)C)ccc1N2c1ccc(C(C)(C)C)cc1)C(C)(C)CCC4(C)C. The third-order valence-electron chi connectivity index (χ3n) is 15.4. The Kier molecular flexibility index (Phi) is 10.1. The van der Waals surface area contributed by atoms with E-state index in [1.165, 1.54) is 113 Å². The minimum Gasteiger partial charge on any atom is -0.311 e. The highest BCUT2D eigenvalue weighted by atomic mass is 15.2. The molecule has 1 aliphatic carbocycles. The maximum Gasteiger partial charge on any atom is 0.252 e. The Hall–Kier alpha value is -5.80. The number of hydrogen-bond acceptors (Lipinski definition) is 2. The van der Waals surface area contributed by atoms with Crippen molar-refractivity contribution in [1.82, 2.24) is 0 Å². The molecule has 0 N–H and O–H groups in total. The molecular weight excluding hydrogens is 796 g/mol. The van der Waals surface area contributed by atoms with Gasteiger partial charge in [-0.2, -0.15) is 0 Å². The number of hydrogen-bond donors (Lipinski definition) is 0. The first-order valence-corrected chi connectivity index (χ1v) is 24.5. The van der Waals surface area contributed by atoms with Crippen molar-refractivity contribution in [3.05, 3.63) is 173 Å². The number of rotatable bonds is 4. The van der Waals surface area contributed by atoms with E-state index < -0.39 is 0 Å². The van der Waals surface area contributed by atoms with Gasteiger partial charge in [0.25, 0.3) is 6.71 Å². The molecule has 2 nitrogen and oxygen atoms in total. The fraction of sp³-hybridized carbons (Fsp3) is 0.333. The van der Waals surface area contributed by atoms with E-state index in [2.05, 4.69) is 246 Å². The normalized spacial score (nSPS) is 16.1. The molecule has 0 bridgehead atoms. The molecule has 0 unspecified atom stereocenters. The van der Waals surface area contributed by atoms with Crippen molar-refractivity contribution in [3.63, 3.8) is 0 Å². The first-order valence-electron chi connectivity index (χ1n) is 24.5. The van der Waals surface area contributed by atoms with Gasteiger partial charge in [-0.3, -0.25) is 0 Å². The van der Waals surface area contributed by atoms with Gasteiger partial charge in [0.1, 0.15) is 0 Å². The van der Waals surface area contributed by atoms with E-state index in [1.54, 1.807) is 0 Å². The van der Waals surface area contributed by atoms with Crippen LogP contribution in [0.5, 0.6) is 0 Å². The van der Waals surface area contributed by atoms with Crippen molar-refractivity contribution in [2.24, 2.45) is 0 Å². The van der Waals surface area contributed by atoms with Gasteiger partial charge in [-0.1, -0.05) is 175 Å². The molecule has 0 saturated heterocycles. The Morgan fingerprint density at radius 1 is 0.424 bits per heavy atom. The average Bonchev–Trinajstić information content (AvgIpc) is 3.26. The van der Waals surface area contributed by atoms with Crippen molar-refractivity contribution >= 4 is 57.2 Å². The van der Waals surface area contributed by atoms with Crippen LogP contribution >= 0.6 is 0 Å². The highest BCUT2D eigenvalue weighted by Gasteiger charge is 2.47. The second kappa shape index (κ2) is 15.1. The van der Waals surface area contributed by atoms with Crippen LogP contribution in [0.3, 0.4) is 0 Å². The number of anilines is 6. The molecular formula is C63H69BN2. The van der Waals surface area contributed by atoms with Gasteiger partial charge in [-0.05, 0) is 168 Å². The van der Waals surface area contributed by atoms with E-state index in [0.29, 0.717) is 0 Å². The summed E-state index contributed by atoms with van der Waals surface area (Å²) in [6, 6.07) is 54.5. The van der Waals surface area contributed by atoms with Crippen molar-refractivity contribution in [2.45, 2.75) is 137 Å². The minimum absolute atomic E-state index is 0.0199. The van der Waals surface area contributed by atoms with Crippen molar-refractivity contribution in [2.75, 3.05) is 9.80 Å². The largest absolute Gasteiger partial charge is 0.311 e. The van der Waals surface area contributed by atoms with Gasteiger partial charge in [0.2, 0.25) is 0 Å². The highest BCUT2D eigenvalue weighted by Crippen LogP contribution is 2.52. The molecule has 0 saturated carbocycles. The van der Waals surface area contributed by atoms with E-state index in [9.17, 15) is 0 Å². The van der Waals surface area contributed by atoms with Crippen LogP contribution in [-0.4, -0.2) is 6.71 Å². The molecule has 0 radical (unpaired) electrons. The molecule has 0 aromatic heterocycles. The number of aryl methyl sites for hydroxylation is 1. The van der Waals surface area contributed by atoms with Crippen LogP contribution in [0.25, 0.3) is 22.3 Å². The summed E-state index contributed by atoms with van der Waals surface area (Å²) in [5, 5.41) is 0. The van der Waals surface area contributed by atoms with Gasteiger partial charge in [0, 0.05) is 34.0 Å². The van der Waals surface area contributed by atoms with E-state index >= 15 is 0 Å². The summed E-state index contributed by atoms with van der Waals surface area (Å²) in [5.41, 5.74) is 24.9. The first kappa shape index (κ1) is 44.1. The van der Waals surface area contributed by atoms with Crippen molar-refractivity contribution in [3.8, 4) is 22.3 Å². The number of benzene rings is 7. The smallest absolute Gasteiger partial charge is 0.252 e. The van der Waals surface area contributed by atoms with Crippen molar-refractivity contribution < 1.29 is 0 Å². The van der Waals surface area contributed by atoms with Gasteiger partial charge in [-0.15, -0.1) is 0 Å². The molecule has 3 aliphatic rings. The van der Waals surface area contributed by atoms with Crippen LogP contribution in [0.15, 0.2) is 140 Å². The molecule has 66 heavy (non-hydrogen) atoms. The lowest BCUT2D eigenvalue weighted by Gasteiger charge is -2.48. The van der Waals surface area contributed by atoms with E-state index in [0.717, 1.165) is 6.42 Å². The monoisotopic (exact) mass is 865 g/mol. The lowest BCUT2D eigenvalue weighted by atomic mass is 9.33. The molecule has 2 heterocycles. The fourth-order valence-electron chi connectivity index (χ4n) is 11.2. The van der Waals surface area contributed by atoms with Crippen LogP contribution in [0.4, 0.5) is 34.1 Å².